The van der Waals surface area contributed by atoms with Gasteiger partial charge in [-0.05, 0) is 34.9 Å². The van der Waals surface area contributed by atoms with Crippen LogP contribution in [0.2, 0.25) is 5.02 Å². The fourth-order valence-electron chi connectivity index (χ4n) is 1.97. The lowest BCUT2D eigenvalue weighted by Crippen LogP contribution is -2.22. The Morgan fingerprint density at radius 1 is 1.25 bits per heavy atom. The molecule has 0 amide bonds. The minimum absolute atomic E-state index is 0.436. The number of rotatable bonds is 5. The highest BCUT2D eigenvalue weighted by molar-refractivity contribution is 6.30. The van der Waals surface area contributed by atoms with Crippen LogP contribution < -0.4 is 10.1 Å². The number of hydrogen-bond donors (Lipinski definition) is 1. The number of aromatic nitrogens is 1. The molecule has 0 saturated carbocycles. The van der Waals surface area contributed by atoms with Crippen LogP contribution in [0.4, 0.5) is 0 Å². The third-order valence-electron chi connectivity index (χ3n) is 3.03. The molecule has 0 spiro atoms. The number of methoxy groups -OCH3 is 1. The van der Waals surface area contributed by atoms with Gasteiger partial charge in [-0.1, -0.05) is 31.5 Å². The number of halogens is 1. The summed E-state index contributed by atoms with van der Waals surface area (Å²) in [6.07, 6.45) is 1.74. The average molecular weight is 291 g/mol. The zero-order valence-corrected chi connectivity index (χ0v) is 12.7. The predicted octanol–water partition coefficient (Wildman–Crippen LogP) is 3.91. The van der Waals surface area contributed by atoms with E-state index < -0.39 is 0 Å². The zero-order chi connectivity index (χ0) is 14.5. The fourth-order valence-corrected chi connectivity index (χ4v) is 2.15. The molecule has 0 bridgehead atoms. The van der Waals surface area contributed by atoms with E-state index in [2.05, 4.69) is 30.2 Å². The van der Waals surface area contributed by atoms with E-state index in [0.717, 1.165) is 22.7 Å². The minimum atomic E-state index is 0.436. The fraction of sp³-hybridized carbons (Fsp3) is 0.312. The van der Waals surface area contributed by atoms with Gasteiger partial charge in [0, 0.05) is 29.9 Å². The first-order valence-electron chi connectivity index (χ1n) is 6.62. The standard InChI is InChI=1S/C16H19ClN2O/c1-11(2)19-10-13-4-5-14(17)9-15(13)12-6-7-18-16(8-12)20-3/h4-9,11,19H,10H2,1-3H3. The molecule has 2 aromatic rings. The number of nitrogens with one attached hydrogen (secondary N) is 1. The van der Waals surface area contributed by atoms with Gasteiger partial charge in [0.2, 0.25) is 5.88 Å². The molecule has 0 aliphatic heterocycles. The van der Waals surface area contributed by atoms with Gasteiger partial charge < -0.3 is 10.1 Å². The Morgan fingerprint density at radius 3 is 2.75 bits per heavy atom. The molecule has 0 unspecified atom stereocenters. The molecule has 0 radical (unpaired) electrons. The molecule has 3 nitrogen and oxygen atoms in total. The van der Waals surface area contributed by atoms with Crippen LogP contribution in [0.25, 0.3) is 11.1 Å². The predicted molar refractivity (Wildman–Crippen MR) is 83.2 cm³/mol. The van der Waals surface area contributed by atoms with E-state index in [1.807, 2.05) is 24.3 Å². The summed E-state index contributed by atoms with van der Waals surface area (Å²) in [5.41, 5.74) is 3.36. The van der Waals surface area contributed by atoms with Crippen molar-refractivity contribution in [3.05, 3.63) is 47.1 Å². The summed E-state index contributed by atoms with van der Waals surface area (Å²) >= 11 is 6.14. The smallest absolute Gasteiger partial charge is 0.213 e. The molecule has 0 saturated heterocycles. The summed E-state index contributed by atoms with van der Waals surface area (Å²) in [4.78, 5) is 4.14. The van der Waals surface area contributed by atoms with Crippen LogP contribution in [0.3, 0.4) is 0 Å². The highest BCUT2D eigenvalue weighted by atomic mass is 35.5. The Kier molecular flexibility index (Phi) is 4.99. The molecule has 1 aromatic heterocycles. The average Bonchev–Trinajstić information content (AvgIpc) is 2.46. The molecule has 1 aromatic carbocycles. The Hall–Kier alpha value is -1.58. The molecule has 4 heteroatoms. The van der Waals surface area contributed by atoms with Gasteiger partial charge in [0.25, 0.3) is 0 Å². The molecule has 1 heterocycles. The van der Waals surface area contributed by atoms with Gasteiger partial charge in [-0.25, -0.2) is 4.98 Å². The maximum absolute atomic E-state index is 6.14. The van der Waals surface area contributed by atoms with Crippen molar-refractivity contribution >= 4 is 11.6 Å². The van der Waals surface area contributed by atoms with Gasteiger partial charge in [-0.2, -0.15) is 0 Å². The number of ether oxygens (including phenoxy) is 1. The van der Waals surface area contributed by atoms with Crippen molar-refractivity contribution in [3.8, 4) is 17.0 Å². The van der Waals surface area contributed by atoms with Crippen LogP contribution in [0.15, 0.2) is 36.5 Å². The van der Waals surface area contributed by atoms with Gasteiger partial charge in [0.05, 0.1) is 7.11 Å². The lowest BCUT2D eigenvalue weighted by molar-refractivity contribution is 0.398. The second-order valence-electron chi connectivity index (χ2n) is 4.92. The lowest BCUT2D eigenvalue weighted by atomic mass is 10.0. The molecule has 1 N–H and O–H groups in total. The van der Waals surface area contributed by atoms with Crippen LogP contribution in [0.5, 0.6) is 5.88 Å². The second-order valence-corrected chi connectivity index (χ2v) is 5.36. The number of hydrogen-bond acceptors (Lipinski definition) is 3. The minimum Gasteiger partial charge on any atom is -0.481 e. The zero-order valence-electron chi connectivity index (χ0n) is 12.0. The highest BCUT2D eigenvalue weighted by Gasteiger charge is 2.08. The van der Waals surface area contributed by atoms with E-state index in [0.29, 0.717) is 11.9 Å². The summed E-state index contributed by atoms with van der Waals surface area (Å²) in [5, 5.41) is 4.16. The monoisotopic (exact) mass is 290 g/mol. The lowest BCUT2D eigenvalue weighted by Gasteiger charge is -2.14. The third kappa shape index (κ3) is 3.71. The van der Waals surface area contributed by atoms with Crippen molar-refractivity contribution < 1.29 is 4.74 Å². The van der Waals surface area contributed by atoms with Crippen molar-refractivity contribution in [2.24, 2.45) is 0 Å². The van der Waals surface area contributed by atoms with Crippen LogP contribution >= 0.6 is 11.6 Å². The molecule has 0 aliphatic carbocycles. The van der Waals surface area contributed by atoms with Gasteiger partial charge in [0.15, 0.2) is 0 Å². The van der Waals surface area contributed by atoms with Crippen LogP contribution in [0.1, 0.15) is 19.4 Å². The van der Waals surface area contributed by atoms with Crippen LogP contribution in [0, 0.1) is 0 Å². The Morgan fingerprint density at radius 2 is 2.05 bits per heavy atom. The first kappa shape index (κ1) is 14.8. The quantitative estimate of drug-likeness (QED) is 0.906. The number of benzene rings is 1. The van der Waals surface area contributed by atoms with E-state index in [4.69, 9.17) is 16.3 Å². The maximum atomic E-state index is 6.14. The Balaban J connectivity index is 2.39. The van der Waals surface area contributed by atoms with Gasteiger partial charge in [0.1, 0.15) is 0 Å². The summed E-state index contributed by atoms with van der Waals surface area (Å²) in [7, 11) is 1.62. The normalized spacial score (nSPS) is 10.8. The molecular formula is C16H19ClN2O. The summed E-state index contributed by atoms with van der Waals surface area (Å²) in [6, 6.07) is 10.3. The largest absolute Gasteiger partial charge is 0.481 e. The van der Waals surface area contributed by atoms with Crippen molar-refractivity contribution in [2.45, 2.75) is 26.4 Å². The van der Waals surface area contributed by atoms with E-state index in [-0.39, 0.29) is 0 Å². The highest BCUT2D eigenvalue weighted by Crippen LogP contribution is 2.28. The Bertz CT molecular complexity index is 584. The molecule has 106 valence electrons. The van der Waals surface area contributed by atoms with Crippen molar-refractivity contribution in [3.63, 3.8) is 0 Å². The summed E-state index contributed by atoms with van der Waals surface area (Å²) in [6.45, 7) is 5.06. The number of nitrogens with zero attached hydrogens (tertiary/aromatic N) is 1. The maximum Gasteiger partial charge on any atom is 0.213 e. The van der Waals surface area contributed by atoms with Gasteiger partial charge >= 0.3 is 0 Å². The van der Waals surface area contributed by atoms with E-state index in [9.17, 15) is 0 Å². The van der Waals surface area contributed by atoms with Crippen molar-refractivity contribution in [2.75, 3.05) is 7.11 Å². The van der Waals surface area contributed by atoms with Gasteiger partial charge in [-0.15, -0.1) is 0 Å². The molecule has 20 heavy (non-hydrogen) atoms. The summed E-state index contributed by atoms with van der Waals surface area (Å²) in [5.74, 6) is 0.602. The van der Waals surface area contributed by atoms with Gasteiger partial charge in [-0.3, -0.25) is 0 Å². The first-order valence-corrected chi connectivity index (χ1v) is 7.00. The van der Waals surface area contributed by atoms with Crippen LogP contribution in [-0.4, -0.2) is 18.1 Å². The molecule has 2 rings (SSSR count). The third-order valence-corrected chi connectivity index (χ3v) is 3.26. The summed E-state index contributed by atoms with van der Waals surface area (Å²) < 4.78 is 5.18. The number of pyridine rings is 1. The van der Waals surface area contributed by atoms with Crippen molar-refractivity contribution in [1.29, 1.82) is 0 Å². The molecule has 0 fully saturated rings. The van der Waals surface area contributed by atoms with E-state index >= 15 is 0 Å². The molecule has 0 aliphatic rings. The first-order chi connectivity index (χ1) is 9.60. The van der Waals surface area contributed by atoms with E-state index in [1.165, 1.54) is 5.56 Å². The molecular weight excluding hydrogens is 272 g/mol. The Labute approximate surface area is 124 Å². The second kappa shape index (κ2) is 6.73. The van der Waals surface area contributed by atoms with E-state index in [1.54, 1.807) is 13.3 Å². The van der Waals surface area contributed by atoms with Crippen LogP contribution in [-0.2, 0) is 6.54 Å². The van der Waals surface area contributed by atoms with Crippen molar-refractivity contribution in [1.82, 2.24) is 10.3 Å². The molecule has 0 atom stereocenters. The topological polar surface area (TPSA) is 34.1 Å². The SMILES string of the molecule is COc1cc(-c2cc(Cl)ccc2CNC(C)C)ccn1.